The highest BCUT2D eigenvalue weighted by molar-refractivity contribution is 5.97. The first kappa shape index (κ1) is 19.0. The number of carbonyl (C=O) groups excluding carboxylic acids is 2. The Morgan fingerprint density at radius 1 is 1.28 bits per heavy atom. The van der Waals surface area contributed by atoms with Crippen molar-refractivity contribution in [2.45, 2.75) is 26.2 Å². The van der Waals surface area contributed by atoms with Crippen molar-refractivity contribution in [3.05, 3.63) is 59.5 Å². The van der Waals surface area contributed by atoms with Gasteiger partial charge in [-0.15, -0.1) is 0 Å². The van der Waals surface area contributed by atoms with Crippen molar-refractivity contribution in [3.63, 3.8) is 0 Å². The van der Waals surface area contributed by atoms with Crippen molar-refractivity contribution in [1.82, 2.24) is 10.3 Å². The number of urea groups is 1. The summed E-state index contributed by atoms with van der Waals surface area (Å²) in [6, 6.07) is 9.92. The number of nitrogens with one attached hydrogen (secondary N) is 3. The molecule has 2 aromatic carbocycles. The van der Waals surface area contributed by atoms with Gasteiger partial charge < -0.3 is 20.5 Å². The zero-order valence-corrected chi connectivity index (χ0v) is 16.2. The molecule has 2 heterocycles. The molecule has 3 aromatic rings. The maximum absolute atomic E-state index is 14.1. The van der Waals surface area contributed by atoms with Crippen LogP contribution in [-0.2, 0) is 11.2 Å². The van der Waals surface area contributed by atoms with Gasteiger partial charge in [0.05, 0.1) is 5.69 Å². The fraction of sp³-hybridized carbons (Fsp3) is 0.273. The number of aromatic amines is 1. The third kappa shape index (κ3) is 3.94. The predicted octanol–water partition coefficient (Wildman–Crippen LogP) is 4.11. The molecule has 0 bridgehead atoms. The Kier molecular flexibility index (Phi) is 5.20. The maximum atomic E-state index is 14.1. The van der Waals surface area contributed by atoms with Gasteiger partial charge in [0.1, 0.15) is 5.82 Å². The first-order valence-corrected chi connectivity index (χ1v) is 9.73. The summed E-state index contributed by atoms with van der Waals surface area (Å²) in [5, 5.41) is 6.48. The van der Waals surface area contributed by atoms with Gasteiger partial charge in [-0.05, 0) is 55.2 Å². The first-order chi connectivity index (χ1) is 14.0. The van der Waals surface area contributed by atoms with Gasteiger partial charge in [0.2, 0.25) is 5.91 Å². The van der Waals surface area contributed by atoms with E-state index in [4.69, 9.17) is 0 Å². The summed E-state index contributed by atoms with van der Waals surface area (Å²) in [6.45, 7) is 3.08. The smallest absolute Gasteiger partial charge is 0.319 e. The van der Waals surface area contributed by atoms with Gasteiger partial charge in [0.25, 0.3) is 0 Å². The Bertz CT molecular complexity index is 1080. The molecule has 1 aromatic heterocycles. The number of anilines is 2. The second-order valence-electron chi connectivity index (χ2n) is 7.26. The summed E-state index contributed by atoms with van der Waals surface area (Å²) >= 11 is 0. The Labute approximate surface area is 168 Å². The van der Waals surface area contributed by atoms with E-state index in [1.807, 2.05) is 18.3 Å². The lowest BCUT2D eigenvalue weighted by atomic mass is 10.1. The van der Waals surface area contributed by atoms with Crippen LogP contribution in [-0.4, -0.2) is 30.0 Å². The largest absolute Gasteiger partial charge is 0.361 e. The lowest BCUT2D eigenvalue weighted by Gasteiger charge is -2.17. The number of aromatic nitrogens is 1. The van der Waals surface area contributed by atoms with Gasteiger partial charge in [-0.25, -0.2) is 9.18 Å². The van der Waals surface area contributed by atoms with E-state index < -0.39 is 11.8 Å². The molecule has 0 saturated carbocycles. The minimum atomic E-state index is -0.539. The van der Waals surface area contributed by atoms with E-state index in [0.29, 0.717) is 31.6 Å². The predicted molar refractivity (Wildman–Crippen MR) is 112 cm³/mol. The number of carbonyl (C=O) groups is 2. The van der Waals surface area contributed by atoms with Crippen LogP contribution in [0.15, 0.2) is 42.6 Å². The highest BCUT2D eigenvalue weighted by atomic mass is 19.1. The second-order valence-corrected chi connectivity index (χ2v) is 7.26. The van der Waals surface area contributed by atoms with Gasteiger partial charge in [0, 0.05) is 42.3 Å². The maximum Gasteiger partial charge on any atom is 0.319 e. The molecule has 1 aliphatic heterocycles. The van der Waals surface area contributed by atoms with Crippen molar-refractivity contribution in [2.75, 3.05) is 23.3 Å². The van der Waals surface area contributed by atoms with Crippen LogP contribution in [0.3, 0.4) is 0 Å². The average molecular weight is 394 g/mol. The molecule has 6 nitrogen and oxygen atoms in total. The number of aryl methyl sites for hydroxylation is 1. The second kappa shape index (κ2) is 7.95. The minimum Gasteiger partial charge on any atom is -0.361 e. The number of halogens is 1. The normalized spacial score (nSPS) is 13.9. The summed E-state index contributed by atoms with van der Waals surface area (Å²) in [5.74, 6) is -0.524. The van der Waals surface area contributed by atoms with Crippen molar-refractivity contribution in [2.24, 2.45) is 0 Å². The van der Waals surface area contributed by atoms with Crippen molar-refractivity contribution < 1.29 is 14.0 Å². The molecule has 0 atom stereocenters. The van der Waals surface area contributed by atoms with Gasteiger partial charge in [-0.3, -0.25) is 4.79 Å². The molecule has 0 aliphatic carbocycles. The highest BCUT2D eigenvalue weighted by Gasteiger charge is 2.22. The first-order valence-electron chi connectivity index (χ1n) is 9.73. The van der Waals surface area contributed by atoms with Crippen LogP contribution in [0.5, 0.6) is 0 Å². The number of nitrogens with zero attached hydrogens (tertiary/aromatic N) is 1. The third-order valence-corrected chi connectivity index (χ3v) is 5.26. The van der Waals surface area contributed by atoms with Gasteiger partial charge in [-0.2, -0.15) is 0 Å². The molecule has 0 radical (unpaired) electrons. The zero-order valence-electron chi connectivity index (χ0n) is 16.2. The molecular weight excluding hydrogens is 371 g/mol. The van der Waals surface area contributed by atoms with E-state index in [0.717, 1.165) is 17.5 Å². The molecule has 150 valence electrons. The topological polar surface area (TPSA) is 77.2 Å². The Morgan fingerprint density at radius 2 is 2.14 bits per heavy atom. The van der Waals surface area contributed by atoms with Crippen LogP contribution >= 0.6 is 0 Å². The van der Waals surface area contributed by atoms with Crippen LogP contribution < -0.4 is 15.5 Å². The fourth-order valence-electron chi connectivity index (χ4n) is 3.82. The van der Waals surface area contributed by atoms with E-state index in [1.165, 1.54) is 23.1 Å². The number of hydrogen-bond acceptors (Lipinski definition) is 2. The highest BCUT2D eigenvalue weighted by Crippen LogP contribution is 2.26. The van der Waals surface area contributed by atoms with E-state index in [2.05, 4.69) is 28.6 Å². The summed E-state index contributed by atoms with van der Waals surface area (Å²) in [7, 11) is 0. The Hall–Kier alpha value is -3.35. The van der Waals surface area contributed by atoms with Crippen LogP contribution in [0.25, 0.3) is 10.9 Å². The average Bonchev–Trinajstić information content (AvgIpc) is 3.31. The van der Waals surface area contributed by atoms with E-state index in [9.17, 15) is 14.0 Å². The molecule has 0 spiro atoms. The molecule has 3 amide bonds. The van der Waals surface area contributed by atoms with Gasteiger partial charge in [-0.1, -0.05) is 12.1 Å². The number of H-pyrrole nitrogens is 1. The SMILES string of the molecule is Cc1cccc2[nH]cc(CCNC(=O)Nc3cc(N4CCCC4=O)ccc3F)c12. The summed E-state index contributed by atoms with van der Waals surface area (Å²) < 4.78 is 14.1. The molecule has 0 unspecified atom stereocenters. The van der Waals surface area contributed by atoms with E-state index >= 15 is 0 Å². The van der Waals surface area contributed by atoms with Crippen molar-refractivity contribution in [3.8, 4) is 0 Å². The Morgan fingerprint density at radius 3 is 2.93 bits per heavy atom. The number of rotatable bonds is 5. The molecule has 4 rings (SSSR count). The van der Waals surface area contributed by atoms with Crippen LogP contribution in [0, 0.1) is 12.7 Å². The van der Waals surface area contributed by atoms with Gasteiger partial charge >= 0.3 is 6.03 Å². The number of amides is 3. The number of hydrogen-bond donors (Lipinski definition) is 3. The van der Waals surface area contributed by atoms with Crippen LogP contribution in [0.2, 0.25) is 0 Å². The minimum absolute atomic E-state index is 0.0148. The van der Waals surface area contributed by atoms with Crippen molar-refractivity contribution >= 4 is 34.2 Å². The zero-order chi connectivity index (χ0) is 20.4. The summed E-state index contributed by atoms with van der Waals surface area (Å²) in [6.07, 6.45) is 3.89. The van der Waals surface area contributed by atoms with E-state index in [-0.39, 0.29) is 11.6 Å². The van der Waals surface area contributed by atoms with Crippen molar-refractivity contribution in [1.29, 1.82) is 0 Å². The third-order valence-electron chi connectivity index (χ3n) is 5.26. The lowest BCUT2D eigenvalue weighted by Crippen LogP contribution is -2.31. The molecule has 29 heavy (non-hydrogen) atoms. The summed E-state index contributed by atoms with van der Waals surface area (Å²) in [4.78, 5) is 29.0. The molecule has 1 fully saturated rings. The van der Waals surface area contributed by atoms with Gasteiger partial charge in [0.15, 0.2) is 0 Å². The lowest BCUT2D eigenvalue weighted by molar-refractivity contribution is -0.117. The number of fused-ring (bicyclic) bond motifs is 1. The molecular formula is C22H23FN4O2. The standard InChI is InChI=1S/C22H23FN4O2/c1-14-4-2-5-18-21(14)15(13-25-18)9-10-24-22(29)26-19-12-16(7-8-17(19)23)27-11-3-6-20(27)28/h2,4-5,7-8,12-13,25H,3,6,9-11H2,1H3,(H2,24,26,29). The Balaban J connectivity index is 1.38. The summed E-state index contributed by atoms with van der Waals surface area (Å²) in [5.41, 5.74) is 4.03. The number of benzene rings is 2. The monoisotopic (exact) mass is 394 g/mol. The van der Waals surface area contributed by atoms with E-state index in [1.54, 1.807) is 11.0 Å². The van der Waals surface area contributed by atoms with Crippen LogP contribution in [0.4, 0.5) is 20.6 Å². The molecule has 1 aliphatic rings. The molecule has 1 saturated heterocycles. The molecule has 3 N–H and O–H groups in total. The molecule has 7 heteroatoms. The van der Waals surface area contributed by atoms with Crippen LogP contribution in [0.1, 0.15) is 24.0 Å². The quantitative estimate of drug-likeness (QED) is 0.609. The fourth-order valence-corrected chi connectivity index (χ4v) is 3.82.